The van der Waals surface area contributed by atoms with Gasteiger partial charge in [-0.1, -0.05) is 18.2 Å². The van der Waals surface area contributed by atoms with Crippen LogP contribution in [-0.4, -0.2) is 14.2 Å². The smallest absolute Gasteiger partial charge is 0.120 e. The molecule has 0 saturated heterocycles. The average molecular weight is 333 g/mol. The van der Waals surface area contributed by atoms with Crippen LogP contribution in [0.15, 0.2) is 48.5 Å². The lowest BCUT2D eigenvalue weighted by atomic mass is 10.1. The SMILES string of the molecule is COc1cccc(C#N)c1.COc1cccc(C2(N)CC2)c1.Cl. The molecule has 5 heteroatoms. The fourth-order valence-electron chi connectivity index (χ4n) is 2.05. The van der Waals surface area contributed by atoms with E-state index in [1.54, 1.807) is 38.5 Å². The van der Waals surface area contributed by atoms with Gasteiger partial charge in [-0.3, -0.25) is 0 Å². The molecular weight excluding hydrogens is 312 g/mol. The Kier molecular flexibility index (Phi) is 6.89. The van der Waals surface area contributed by atoms with E-state index in [2.05, 4.69) is 6.07 Å². The molecular formula is C18H21ClN2O2. The zero-order valence-electron chi connectivity index (χ0n) is 13.3. The Hall–Kier alpha value is -2.22. The van der Waals surface area contributed by atoms with Gasteiger partial charge in [-0.25, -0.2) is 0 Å². The van der Waals surface area contributed by atoms with Crippen LogP contribution in [-0.2, 0) is 5.54 Å². The van der Waals surface area contributed by atoms with Gasteiger partial charge in [0.1, 0.15) is 11.5 Å². The highest BCUT2D eigenvalue weighted by molar-refractivity contribution is 5.85. The molecule has 0 amide bonds. The third-order valence-electron chi connectivity index (χ3n) is 3.63. The Morgan fingerprint density at radius 2 is 1.57 bits per heavy atom. The Balaban J connectivity index is 0.000000224. The molecule has 0 unspecified atom stereocenters. The van der Waals surface area contributed by atoms with Gasteiger partial charge in [0.25, 0.3) is 0 Å². The van der Waals surface area contributed by atoms with Crippen molar-refractivity contribution in [2.45, 2.75) is 18.4 Å². The van der Waals surface area contributed by atoms with Crippen LogP contribution < -0.4 is 15.2 Å². The van der Waals surface area contributed by atoms with Crippen molar-refractivity contribution in [2.24, 2.45) is 5.73 Å². The molecule has 0 atom stereocenters. The molecule has 1 saturated carbocycles. The number of halogens is 1. The number of nitriles is 1. The summed E-state index contributed by atoms with van der Waals surface area (Å²) < 4.78 is 10.0. The lowest BCUT2D eigenvalue weighted by Crippen LogP contribution is -2.18. The normalized spacial score (nSPS) is 13.5. The number of hydrogen-bond acceptors (Lipinski definition) is 4. The summed E-state index contributed by atoms with van der Waals surface area (Å²) in [5.41, 5.74) is 7.81. The summed E-state index contributed by atoms with van der Waals surface area (Å²) in [7, 11) is 3.26. The van der Waals surface area contributed by atoms with Crippen LogP contribution >= 0.6 is 12.4 Å². The van der Waals surface area contributed by atoms with E-state index in [0.717, 1.165) is 24.3 Å². The summed E-state index contributed by atoms with van der Waals surface area (Å²) in [4.78, 5) is 0. The van der Waals surface area contributed by atoms with Gasteiger partial charge in [0.2, 0.25) is 0 Å². The minimum absolute atomic E-state index is 0. The lowest BCUT2D eigenvalue weighted by Gasteiger charge is -2.09. The number of hydrogen-bond donors (Lipinski definition) is 1. The predicted octanol–water partition coefficient (Wildman–Crippen LogP) is 3.63. The lowest BCUT2D eigenvalue weighted by molar-refractivity contribution is 0.413. The van der Waals surface area contributed by atoms with E-state index in [1.807, 2.05) is 24.3 Å². The Bertz CT molecular complexity index is 679. The number of benzene rings is 2. The van der Waals surface area contributed by atoms with Gasteiger partial charge in [-0.15, -0.1) is 12.4 Å². The molecule has 0 aromatic heterocycles. The van der Waals surface area contributed by atoms with E-state index < -0.39 is 0 Å². The molecule has 3 rings (SSSR count). The first-order valence-corrected chi connectivity index (χ1v) is 7.09. The third-order valence-corrected chi connectivity index (χ3v) is 3.63. The summed E-state index contributed by atoms with van der Waals surface area (Å²) in [5.74, 6) is 1.61. The van der Waals surface area contributed by atoms with Crippen molar-refractivity contribution in [1.82, 2.24) is 0 Å². The summed E-state index contributed by atoms with van der Waals surface area (Å²) in [6.07, 6.45) is 2.19. The zero-order valence-corrected chi connectivity index (χ0v) is 14.1. The van der Waals surface area contributed by atoms with E-state index in [-0.39, 0.29) is 17.9 Å². The number of ether oxygens (including phenoxy) is 2. The predicted molar refractivity (Wildman–Crippen MR) is 93.1 cm³/mol. The number of rotatable bonds is 3. The highest BCUT2D eigenvalue weighted by Gasteiger charge is 2.39. The van der Waals surface area contributed by atoms with Gasteiger partial charge < -0.3 is 15.2 Å². The summed E-state index contributed by atoms with van der Waals surface area (Å²) in [6.45, 7) is 0. The molecule has 1 fully saturated rings. The van der Waals surface area contributed by atoms with E-state index in [4.69, 9.17) is 20.5 Å². The monoisotopic (exact) mass is 332 g/mol. The van der Waals surface area contributed by atoms with E-state index in [0.29, 0.717) is 5.56 Å². The fraction of sp³-hybridized carbons (Fsp3) is 0.278. The van der Waals surface area contributed by atoms with E-state index in [9.17, 15) is 0 Å². The number of methoxy groups -OCH3 is 2. The minimum Gasteiger partial charge on any atom is -0.497 e. The van der Waals surface area contributed by atoms with Crippen LogP contribution in [0.5, 0.6) is 11.5 Å². The second kappa shape index (κ2) is 8.42. The maximum atomic E-state index is 8.45. The molecule has 0 bridgehead atoms. The van der Waals surface area contributed by atoms with Gasteiger partial charge in [0, 0.05) is 5.54 Å². The van der Waals surface area contributed by atoms with Crippen molar-refractivity contribution in [1.29, 1.82) is 5.26 Å². The fourth-order valence-corrected chi connectivity index (χ4v) is 2.05. The first-order chi connectivity index (χ1) is 10.6. The highest BCUT2D eigenvalue weighted by Crippen LogP contribution is 2.43. The van der Waals surface area contributed by atoms with Gasteiger partial charge in [0.05, 0.1) is 25.9 Å². The van der Waals surface area contributed by atoms with Crippen molar-refractivity contribution in [3.63, 3.8) is 0 Å². The summed E-state index contributed by atoms with van der Waals surface area (Å²) >= 11 is 0. The number of nitrogens with zero attached hydrogens (tertiary/aromatic N) is 1. The molecule has 0 radical (unpaired) electrons. The van der Waals surface area contributed by atoms with Gasteiger partial charge in [-0.2, -0.15) is 5.26 Å². The second-order valence-electron chi connectivity index (χ2n) is 5.23. The first-order valence-electron chi connectivity index (χ1n) is 7.09. The van der Waals surface area contributed by atoms with Crippen LogP contribution in [0, 0.1) is 11.3 Å². The first kappa shape index (κ1) is 18.8. The van der Waals surface area contributed by atoms with Crippen molar-refractivity contribution in [3.05, 3.63) is 59.7 Å². The highest BCUT2D eigenvalue weighted by atomic mass is 35.5. The van der Waals surface area contributed by atoms with Crippen molar-refractivity contribution in [3.8, 4) is 17.6 Å². The van der Waals surface area contributed by atoms with E-state index in [1.165, 1.54) is 5.56 Å². The molecule has 0 spiro atoms. The number of nitrogens with two attached hydrogens (primary N) is 1. The molecule has 1 aliphatic carbocycles. The molecule has 0 heterocycles. The van der Waals surface area contributed by atoms with Crippen molar-refractivity contribution in [2.75, 3.05) is 14.2 Å². The van der Waals surface area contributed by atoms with Gasteiger partial charge in [0.15, 0.2) is 0 Å². The largest absolute Gasteiger partial charge is 0.497 e. The second-order valence-corrected chi connectivity index (χ2v) is 5.23. The van der Waals surface area contributed by atoms with Crippen LogP contribution in [0.4, 0.5) is 0 Å². The molecule has 122 valence electrons. The van der Waals surface area contributed by atoms with Crippen LogP contribution in [0.1, 0.15) is 24.0 Å². The molecule has 0 aliphatic heterocycles. The van der Waals surface area contributed by atoms with Crippen LogP contribution in [0.2, 0.25) is 0 Å². The maximum absolute atomic E-state index is 8.45. The topological polar surface area (TPSA) is 68.3 Å². The average Bonchev–Trinajstić information content (AvgIpc) is 3.34. The Labute approximate surface area is 143 Å². The quantitative estimate of drug-likeness (QED) is 0.931. The summed E-state index contributed by atoms with van der Waals surface area (Å²) in [5, 5.41) is 8.45. The van der Waals surface area contributed by atoms with E-state index >= 15 is 0 Å². The molecule has 2 N–H and O–H groups in total. The van der Waals surface area contributed by atoms with Crippen molar-refractivity contribution >= 4 is 12.4 Å². The zero-order chi connectivity index (χ0) is 16.0. The molecule has 23 heavy (non-hydrogen) atoms. The molecule has 2 aromatic carbocycles. The van der Waals surface area contributed by atoms with Crippen LogP contribution in [0.25, 0.3) is 0 Å². The molecule has 4 nitrogen and oxygen atoms in total. The third kappa shape index (κ3) is 5.17. The molecule has 2 aromatic rings. The van der Waals surface area contributed by atoms with Crippen LogP contribution in [0.3, 0.4) is 0 Å². The van der Waals surface area contributed by atoms with Crippen molar-refractivity contribution < 1.29 is 9.47 Å². The van der Waals surface area contributed by atoms with Gasteiger partial charge >= 0.3 is 0 Å². The maximum Gasteiger partial charge on any atom is 0.120 e. The Morgan fingerprint density at radius 3 is 2.09 bits per heavy atom. The molecule has 1 aliphatic rings. The standard InChI is InChI=1S/C10H13NO.C8H7NO.ClH/c1-12-9-4-2-3-8(7-9)10(11)5-6-10;1-10-8-4-2-3-7(5-8)6-9;/h2-4,7H,5-6,11H2,1H3;2-5H,1H3;1H. The van der Waals surface area contributed by atoms with Gasteiger partial charge in [-0.05, 0) is 48.7 Å². The summed E-state index contributed by atoms with van der Waals surface area (Å²) in [6, 6.07) is 17.1. The Morgan fingerprint density at radius 1 is 1.00 bits per heavy atom. The minimum atomic E-state index is -0.0471.